The van der Waals surface area contributed by atoms with Crippen molar-refractivity contribution < 1.29 is 0 Å². The fourth-order valence-electron chi connectivity index (χ4n) is 3.99. The number of anilines is 1. The summed E-state index contributed by atoms with van der Waals surface area (Å²) in [5.41, 5.74) is 2.05. The minimum absolute atomic E-state index is 0.691. The molecule has 0 amide bonds. The quantitative estimate of drug-likeness (QED) is 0.836. The average Bonchev–Trinajstić information content (AvgIpc) is 2.97. The Morgan fingerprint density at radius 3 is 2.67 bits per heavy atom. The maximum atomic E-state index is 4.60. The zero-order valence-corrected chi connectivity index (χ0v) is 13.4. The molecule has 1 N–H and O–H groups in total. The van der Waals surface area contributed by atoms with Gasteiger partial charge in [-0.15, -0.1) is 0 Å². The van der Waals surface area contributed by atoms with Crippen LogP contribution in [0.3, 0.4) is 0 Å². The van der Waals surface area contributed by atoms with E-state index in [1.807, 2.05) is 6.20 Å². The number of nitrogens with zero attached hydrogens (tertiary/aromatic N) is 2. The number of rotatable bonds is 5. The van der Waals surface area contributed by atoms with Crippen LogP contribution in [-0.2, 0) is 6.54 Å². The first-order valence-electron chi connectivity index (χ1n) is 8.72. The zero-order valence-electron chi connectivity index (χ0n) is 13.4. The monoisotopic (exact) mass is 287 g/mol. The van der Waals surface area contributed by atoms with Gasteiger partial charge in [-0.1, -0.05) is 19.8 Å². The highest BCUT2D eigenvalue weighted by molar-refractivity contribution is 5.41. The first-order valence-corrected chi connectivity index (χ1v) is 8.72. The standard InChI is InChI=1S/C18H29N3/c1-2-10-19-15-16-5-11-20-17(14-16)21-12-8-18(9-13-21)6-3-4-7-18/h5,11,14,19H,2-4,6-10,12-13,15H2,1H3. The van der Waals surface area contributed by atoms with E-state index in [1.54, 1.807) is 0 Å². The van der Waals surface area contributed by atoms with Crippen LogP contribution in [0.4, 0.5) is 5.82 Å². The van der Waals surface area contributed by atoms with Crippen molar-refractivity contribution in [2.24, 2.45) is 5.41 Å². The summed E-state index contributed by atoms with van der Waals surface area (Å²) in [4.78, 5) is 7.10. The van der Waals surface area contributed by atoms with E-state index >= 15 is 0 Å². The van der Waals surface area contributed by atoms with Crippen LogP contribution in [-0.4, -0.2) is 24.6 Å². The smallest absolute Gasteiger partial charge is 0.128 e. The largest absolute Gasteiger partial charge is 0.357 e. The Morgan fingerprint density at radius 1 is 1.19 bits per heavy atom. The van der Waals surface area contributed by atoms with E-state index in [9.17, 15) is 0 Å². The Labute approximate surface area is 129 Å². The summed E-state index contributed by atoms with van der Waals surface area (Å²) in [5.74, 6) is 1.18. The van der Waals surface area contributed by atoms with Crippen LogP contribution in [0, 0.1) is 5.41 Å². The first-order chi connectivity index (χ1) is 10.3. The lowest BCUT2D eigenvalue weighted by atomic mass is 9.77. The molecule has 2 fully saturated rings. The van der Waals surface area contributed by atoms with Crippen molar-refractivity contribution >= 4 is 5.82 Å². The van der Waals surface area contributed by atoms with Crippen molar-refractivity contribution in [2.45, 2.75) is 58.4 Å². The lowest BCUT2D eigenvalue weighted by Gasteiger charge is -2.40. The molecular weight excluding hydrogens is 258 g/mol. The number of pyridine rings is 1. The van der Waals surface area contributed by atoms with E-state index in [-0.39, 0.29) is 0 Å². The minimum atomic E-state index is 0.691. The van der Waals surface area contributed by atoms with Crippen LogP contribution < -0.4 is 10.2 Å². The lowest BCUT2D eigenvalue weighted by Crippen LogP contribution is -2.39. The van der Waals surface area contributed by atoms with Crippen molar-refractivity contribution in [1.29, 1.82) is 0 Å². The summed E-state index contributed by atoms with van der Waals surface area (Å²) in [5, 5.41) is 3.47. The summed E-state index contributed by atoms with van der Waals surface area (Å²) in [7, 11) is 0. The fourth-order valence-corrected chi connectivity index (χ4v) is 3.99. The van der Waals surface area contributed by atoms with Crippen LogP contribution in [0.2, 0.25) is 0 Å². The third-order valence-electron chi connectivity index (χ3n) is 5.38. The van der Waals surface area contributed by atoms with E-state index < -0.39 is 0 Å². The lowest BCUT2D eigenvalue weighted by molar-refractivity contribution is 0.226. The van der Waals surface area contributed by atoms with Crippen molar-refractivity contribution in [1.82, 2.24) is 10.3 Å². The molecule has 3 nitrogen and oxygen atoms in total. The van der Waals surface area contributed by atoms with Gasteiger partial charge in [0, 0.05) is 25.8 Å². The molecule has 1 saturated carbocycles. The fraction of sp³-hybridized carbons (Fsp3) is 0.722. The predicted molar refractivity (Wildman–Crippen MR) is 88.6 cm³/mol. The number of hydrogen-bond donors (Lipinski definition) is 1. The van der Waals surface area contributed by atoms with E-state index in [0.717, 1.165) is 13.1 Å². The molecule has 1 aromatic rings. The van der Waals surface area contributed by atoms with Gasteiger partial charge in [0.05, 0.1) is 0 Å². The van der Waals surface area contributed by atoms with Gasteiger partial charge in [-0.05, 0) is 61.8 Å². The maximum Gasteiger partial charge on any atom is 0.128 e. The van der Waals surface area contributed by atoms with Crippen molar-refractivity contribution in [3.05, 3.63) is 23.9 Å². The summed E-state index contributed by atoms with van der Waals surface area (Å²) >= 11 is 0. The van der Waals surface area contributed by atoms with Crippen molar-refractivity contribution in [3.8, 4) is 0 Å². The molecule has 1 spiro atoms. The van der Waals surface area contributed by atoms with Crippen LogP contribution in [0.25, 0.3) is 0 Å². The molecule has 116 valence electrons. The minimum Gasteiger partial charge on any atom is -0.357 e. The normalized spacial score (nSPS) is 21.1. The van der Waals surface area contributed by atoms with Crippen LogP contribution in [0.1, 0.15) is 57.4 Å². The van der Waals surface area contributed by atoms with Gasteiger partial charge in [0.2, 0.25) is 0 Å². The Bertz CT molecular complexity index is 442. The molecule has 1 aromatic heterocycles. The molecular formula is C18H29N3. The van der Waals surface area contributed by atoms with E-state index in [2.05, 4.69) is 34.3 Å². The summed E-state index contributed by atoms with van der Waals surface area (Å²) in [6, 6.07) is 4.41. The third kappa shape index (κ3) is 3.57. The number of nitrogens with one attached hydrogen (secondary N) is 1. The van der Waals surface area contributed by atoms with Crippen LogP contribution >= 0.6 is 0 Å². The van der Waals surface area contributed by atoms with Crippen LogP contribution in [0.15, 0.2) is 18.3 Å². The van der Waals surface area contributed by atoms with Crippen LogP contribution in [0.5, 0.6) is 0 Å². The highest BCUT2D eigenvalue weighted by Gasteiger charge is 2.37. The molecule has 0 unspecified atom stereocenters. The topological polar surface area (TPSA) is 28.2 Å². The van der Waals surface area contributed by atoms with Gasteiger partial charge in [0.1, 0.15) is 5.82 Å². The SMILES string of the molecule is CCCNCc1ccnc(N2CCC3(CCCC3)CC2)c1. The molecule has 0 bridgehead atoms. The van der Waals surface area contributed by atoms with Gasteiger partial charge in [0.25, 0.3) is 0 Å². The molecule has 3 rings (SSSR count). The van der Waals surface area contributed by atoms with Gasteiger partial charge in [0.15, 0.2) is 0 Å². The average molecular weight is 287 g/mol. The molecule has 21 heavy (non-hydrogen) atoms. The molecule has 0 aromatic carbocycles. The molecule has 2 aliphatic rings. The molecule has 0 radical (unpaired) electrons. The predicted octanol–water partition coefficient (Wildman–Crippen LogP) is 3.74. The zero-order chi connectivity index (χ0) is 14.5. The van der Waals surface area contributed by atoms with Gasteiger partial charge in [-0.3, -0.25) is 0 Å². The highest BCUT2D eigenvalue weighted by atomic mass is 15.2. The van der Waals surface area contributed by atoms with E-state index in [1.165, 1.54) is 69.4 Å². The summed E-state index contributed by atoms with van der Waals surface area (Å²) in [6.07, 6.45) is 11.7. The second-order valence-electron chi connectivity index (χ2n) is 6.89. The van der Waals surface area contributed by atoms with E-state index in [4.69, 9.17) is 0 Å². The Kier molecular flexibility index (Phi) is 4.79. The Balaban J connectivity index is 1.58. The number of piperidine rings is 1. The molecule has 1 saturated heterocycles. The molecule has 0 atom stereocenters. The van der Waals surface area contributed by atoms with Gasteiger partial charge < -0.3 is 10.2 Å². The highest BCUT2D eigenvalue weighted by Crippen LogP contribution is 2.46. The second-order valence-corrected chi connectivity index (χ2v) is 6.89. The molecule has 2 heterocycles. The van der Waals surface area contributed by atoms with E-state index in [0.29, 0.717) is 5.41 Å². The summed E-state index contributed by atoms with van der Waals surface area (Å²) < 4.78 is 0. The third-order valence-corrected chi connectivity index (χ3v) is 5.38. The van der Waals surface area contributed by atoms with Gasteiger partial charge in [-0.2, -0.15) is 0 Å². The Morgan fingerprint density at radius 2 is 1.95 bits per heavy atom. The van der Waals surface area contributed by atoms with Crippen molar-refractivity contribution in [2.75, 3.05) is 24.5 Å². The molecule has 1 aliphatic heterocycles. The van der Waals surface area contributed by atoms with Gasteiger partial charge >= 0.3 is 0 Å². The summed E-state index contributed by atoms with van der Waals surface area (Å²) in [6.45, 7) is 6.64. The maximum absolute atomic E-state index is 4.60. The first kappa shape index (κ1) is 14.8. The number of aromatic nitrogens is 1. The number of hydrogen-bond acceptors (Lipinski definition) is 3. The molecule has 1 aliphatic carbocycles. The van der Waals surface area contributed by atoms with Gasteiger partial charge in [-0.25, -0.2) is 4.98 Å². The van der Waals surface area contributed by atoms with Crippen molar-refractivity contribution in [3.63, 3.8) is 0 Å². The molecule has 3 heteroatoms. The Hall–Kier alpha value is -1.09. The second kappa shape index (κ2) is 6.78.